The Hall–Kier alpha value is -3.63. The van der Waals surface area contributed by atoms with Gasteiger partial charge in [-0.3, -0.25) is 9.36 Å². The van der Waals surface area contributed by atoms with Gasteiger partial charge in [0.1, 0.15) is 6.04 Å². The van der Waals surface area contributed by atoms with Gasteiger partial charge < -0.3 is 25.0 Å². The van der Waals surface area contributed by atoms with Crippen LogP contribution in [0.5, 0.6) is 0 Å². The van der Waals surface area contributed by atoms with Crippen molar-refractivity contribution in [2.75, 3.05) is 39.3 Å². The van der Waals surface area contributed by atoms with E-state index >= 15 is 0 Å². The van der Waals surface area contributed by atoms with Crippen molar-refractivity contribution < 1.29 is 9.59 Å². The number of thiophene rings is 1. The number of aromatic nitrogens is 2. The highest BCUT2D eigenvalue weighted by Crippen LogP contribution is 2.29. The number of hydrogen-bond donors (Lipinski definition) is 2. The summed E-state index contributed by atoms with van der Waals surface area (Å²) in [4.78, 5) is 49.9. The average molecular weight is 615 g/mol. The zero-order chi connectivity index (χ0) is 30.0. The van der Waals surface area contributed by atoms with Gasteiger partial charge in [-0.1, -0.05) is 36.8 Å². The molecule has 0 unspecified atom stereocenters. The van der Waals surface area contributed by atoms with Crippen molar-refractivity contribution in [2.45, 2.75) is 69.5 Å². The van der Waals surface area contributed by atoms with Crippen molar-refractivity contribution >= 4 is 44.4 Å². The van der Waals surface area contributed by atoms with Crippen LogP contribution in [-0.4, -0.2) is 87.5 Å². The van der Waals surface area contributed by atoms with E-state index in [0.29, 0.717) is 38.4 Å². The van der Waals surface area contributed by atoms with Gasteiger partial charge in [0.15, 0.2) is 0 Å². The Morgan fingerprint density at radius 2 is 1.52 bits per heavy atom. The first-order chi connectivity index (χ1) is 21.5. The van der Waals surface area contributed by atoms with Crippen molar-refractivity contribution in [1.29, 1.82) is 0 Å². The molecule has 0 bridgehead atoms. The Morgan fingerprint density at radius 3 is 2.32 bits per heavy atom. The van der Waals surface area contributed by atoms with Gasteiger partial charge in [-0.05, 0) is 86.1 Å². The lowest BCUT2D eigenvalue weighted by atomic mass is 9.98. The second-order valence-electron chi connectivity index (χ2n) is 12.7. The van der Waals surface area contributed by atoms with Gasteiger partial charge in [-0.15, -0.1) is 11.3 Å². The first-order valence-electron chi connectivity index (χ1n) is 16.3. The fraction of sp³-hybridized carbons (Fsp3) is 0.500. The quantitative estimate of drug-likeness (QED) is 0.321. The molecule has 0 saturated carbocycles. The van der Waals surface area contributed by atoms with E-state index in [-0.39, 0.29) is 23.7 Å². The summed E-state index contributed by atoms with van der Waals surface area (Å²) in [7, 11) is 0. The Bertz CT molecular complexity index is 1670. The average Bonchev–Trinajstić information content (AvgIpc) is 3.64. The molecule has 3 aliphatic heterocycles. The lowest BCUT2D eigenvalue weighted by Gasteiger charge is -2.41. The molecule has 3 amide bonds. The third-order valence-corrected chi connectivity index (χ3v) is 11.0. The van der Waals surface area contributed by atoms with Gasteiger partial charge in [-0.2, -0.15) is 0 Å². The van der Waals surface area contributed by atoms with E-state index < -0.39 is 6.04 Å². The maximum absolute atomic E-state index is 14.1. The molecular formula is C34H42N6O3S. The van der Waals surface area contributed by atoms with Crippen LogP contribution in [0.1, 0.15) is 56.6 Å². The number of imidazole rings is 1. The van der Waals surface area contributed by atoms with Crippen LogP contribution in [0.25, 0.3) is 21.1 Å². The lowest BCUT2D eigenvalue weighted by Crippen LogP contribution is -2.56. The Balaban J connectivity index is 1.03. The smallest absolute Gasteiger partial charge is 0.326 e. The topological polar surface area (TPSA) is 93.7 Å². The van der Waals surface area contributed by atoms with Crippen LogP contribution in [0, 0.1) is 0 Å². The summed E-state index contributed by atoms with van der Waals surface area (Å²) in [6.45, 7) is 4.89. The van der Waals surface area contributed by atoms with Crippen molar-refractivity contribution in [3.8, 4) is 0 Å². The van der Waals surface area contributed by atoms with E-state index in [0.717, 1.165) is 47.9 Å². The number of fused-ring (bicyclic) bond motifs is 2. The van der Waals surface area contributed by atoms with Crippen molar-refractivity contribution in [1.82, 2.24) is 29.6 Å². The van der Waals surface area contributed by atoms with Crippen LogP contribution in [0.15, 0.2) is 58.7 Å². The van der Waals surface area contributed by atoms with Crippen molar-refractivity contribution in [2.24, 2.45) is 0 Å². The number of amides is 3. The largest absolute Gasteiger partial charge is 0.341 e. The highest BCUT2D eigenvalue weighted by molar-refractivity contribution is 7.17. The molecule has 9 nitrogen and oxygen atoms in total. The molecule has 4 aromatic rings. The number of nitrogens with zero attached hydrogens (tertiary/aromatic N) is 4. The normalized spacial score (nSPS) is 19.9. The second-order valence-corrected chi connectivity index (χ2v) is 13.6. The lowest BCUT2D eigenvalue weighted by molar-refractivity contribution is -0.134. The fourth-order valence-electron chi connectivity index (χ4n) is 7.57. The molecule has 44 heavy (non-hydrogen) atoms. The van der Waals surface area contributed by atoms with Crippen molar-refractivity contribution in [3.63, 3.8) is 0 Å². The Morgan fingerprint density at radius 1 is 0.841 bits per heavy atom. The second kappa shape index (κ2) is 12.8. The molecule has 2 aromatic carbocycles. The van der Waals surface area contributed by atoms with E-state index in [2.05, 4.69) is 32.7 Å². The summed E-state index contributed by atoms with van der Waals surface area (Å²) in [5.41, 5.74) is 2.73. The van der Waals surface area contributed by atoms with E-state index in [9.17, 15) is 14.4 Å². The summed E-state index contributed by atoms with van der Waals surface area (Å²) in [5.74, 6) is 0.0194. The molecule has 0 spiro atoms. The molecule has 0 radical (unpaired) electrons. The third-order valence-electron chi connectivity index (χ3n) is 10.0. The number of hydrogen-bond acceptors (Lipinski definition) is 5. The van der Waals surface area contributed by atoms with Gasteiger partial charge in [-0.25, -0.2) is 9.59 Å². The highest BCUT2D eigenvalue weighted by atomic mass is 32.1. The number of nitrogens with one attached hydrogen (secondary N) is 2. The minimum Gasteiger partial charge on any atom is -0.341 e. The Kier molecular flexibility index (Phi) is 8.45. The minimum absolute atomic E-state index is 0.0194. The summed E-state index contributed by atoms with van der Waals surface area (Å²) in [5, 5.41) is 6.45. The molecule has 232 valence electrons. The molecule has 3 fully saturated rings. The molecule has 5 heterocycles. The Labute approximate surface area is 261 Å². The summed E-state index contributed by atoms with van der Waals surface area (Å²) < 4.78 is 3.03. The number of rotatable bonds is 6. The van der Waals surface area contributed by atoms with E-state index in [1.54, 1.807) is 11.3 Å². The van der Waals surface area contributed by atoms with Crippen molar-refractivity contribution in [3.05, 3.63) is 70.0 Å². The van der Waals surface area contributed by atoms with Gasteiger partial charge in [0, 0.05) is 49.4 Å². The van der Waals surface area contributed by atoms with E-state index in [4.69, 9.17) is 0 Å². The number of likely N-dealkylation sites (tertiary alicyclic amines) is 3. The van der Waals surface area contributed by atoms with Gasteiger partial charge >= 0.3 is 11.7 Å². The molecule has 3 saturated heterocycles. The number of para-hydroxylation sites is 2. The SMILES string of the molecule is O=C(N[C@H](Cc1csc2ccccc12)C(=O)N1CCC(N2CCCCC2)CC1)N1CCC(n2c(=O)[nH]c3ccccc32)CC1. The molecule has 7 rings (SSSR count). The van der Waals surface area contributed by atoms with Crippen LogP contribution in [-0.2, 0) is 11.2 Å². The molecule has 2 N–H and O–H groups in total. The summed E-state index contributed by atoms with van der Waals surface area (Å²) in [6, 6.07) is 15.8. The van der Waals surface area contributed by atoms with Gasteiger partial charge in [0.05, 0.1) is 11.0 Å². The van der Waals surface area contributed by atoms with Gasteiger partial charge in [0.2, 0.25) is 5.91 Å². The monoisotopic (exact) mass is 614 g/mol. The number of piperidine rings is 3. The molecule has 0 aliphatic carbocycles. The number of urea groups is 1. The summed E-state index contributed by atoms with van der Waals surface area (Å²) >= 11 is 1.68. The highest BCUT2D eigenvalue weighted by Gasteiger charge is 2.34. The first-order valence-corrected chi connectivity index (χ1v) is 17.2. The first kappa shape index (κ1) is 29.1. The number of carbonyl (C=O) groups is 2. The predicted molar refractivity (Wildman–Crippen MR) is 175 cm³/mol. The van der Waals surface area contributed by atoms with E-state index in [1.807, 2.05) is 50.8 Å². The molecule has 1 atom stereocenters. The maximum atomic E-state index is 14.1. The van der Waals surface area contributed by atoms with Crippen LogP contribution in [0.2, 0.25) is 0 Å². The number of benzene rings is 2. The predicted octanol–water partition coefficient (Wildman–Crippen LogP) is 4.98. The van der Waals surface area contributed by atoms with Crippen LogP contribution < -0.4 is 11.0 Å². The molecule has 10 heteroatoms. The van der Waals surface area contributed by atoms with Crippen LogP contribution in [0.3, 0.4) is 0 Å². The standard InChI is InChI=1S/C34H42N6O3S/c41-32(38-18-12-25(13-19-38)37-16-6-1-7-17-37)29(22-24-23-44-31-11-5-2-8-27(24)31)36-33(42)39-20-14-26(15-21-39)40-30-10-4-3-9-28(30)35-34(40)43/h2-5,8-11,23,25-26,29H,1,6-7,12-22H2,(H,35,43)(H,36,42)/t29-/m1/s1. The zero-order valence-electron chi connectivity index (χ0n) is 25.2. The maximum Gasteiger partial charge on any atom is 0.326 e. The molecule has 3 aliphatic rings. The van der Waals surface area contributed by atoms with Gasteiger partial charge in [0.25, 0.3) is 0 Å². The number of aromatic amines is 1. The van der Waals surface area contributed by atoms with Crippen LogP contribution >= 0.6 is 11.3 Å². The summed E-state index contributed by atoms with van der Waals surface area (Å²) in [6.07, 6.45) is 7.71. The minimum atomic E-state index is -0.624. The molecular weight excluding hydrogens is 572 g/mol. The zero-order valence-corrected chi connectivity index (χ0v) is 26.1. The number of carbonyl (C=O) groups excluding carboxylic acids is 2. The number of H-pyrrole nitrogens is 1. The van der Waals surface area contributed by atoms with E-state index in [1.165, 1.54) is 37.1 Å². The third kappa shape index (κ3) is 5.89. The van der Waals surface area contributed by atoms with Crippen LogP contribution in [0.4, 0.5) is 4.79 Å². The fourth-order valence-corrected chi connectivity index (χ4v) is 8.55. The molecule has 2 aromatic heterocycles.